The summed E-state index contributed by atoms with van der Waals surface area (Å²) < 4.78 is 32.6. The van der Waals surface area contributed by atoms with Crippen molar-refractivity contribution in [2.24, 2.45) is 0 Å². The number of benzene rings is 1. The third-order valence-electron chi connectivity index (χ3n) is 5.88. The van der Waals surface area contributed by atoms with Crippen LogP contribution >= 0.6 is 0 Å². The highest BCUT2D eigenvalue weighted by Crippen LogP contribution is 2.41. The normalized spacial score (nSPS) is 20.3. The van der Waals surface area contributed by atoms with E-state index in [0.717, 1.165) is 5.56 Å². The number of likely N-dealkylation sites (tertiary alicyclic amines) is 1. The zero-order valence-corrected chi connectivity index (χ0v) is 17.1. The minimum Gasteiger partial charge on any atom is -0.385 e. The standard InChI is InChI=1S/C23H23F2N5O/c1-15(31)22-28-18-12-27-17-8-5-10-26-20(17)21(18)30(22)19-9-11-29(14-23(19,24)25)13-16-6-3-2-4-7-16/h2-8,10,12,15,19,31H,9,11,13-14H2,1H3/t15-,19?/m1/s1. The van der Waals surface area contributed by atoms with Crippen LogP contribution in [0.15, 0.2) is 54.9 Å². The Hall–Kier alpha value is -2.97. The topological polar surface area (TPSA) is 67.1 Å². The van der Waals surface area contributed by atoms with Crippen LogP contribution in [0, 0.1) is 0 Å². The number of rotatable bonds is 4. The first-order chi connectivity index (χ1) is 14.9. The van der Waals surface area contributed by atoms with Gasteiger partial charge in [0.2, 0.25) is 0 Å². The molecule has 6 nitrogen and oxygen atoms in total. The number of piperidine rings is 1. The van der Waals surface area contributed by atoms with Crippen molar-refractivity contribution in [1.29, 1.82) is 0 Å². The van der Waals surface area contributed by atoms with Gasteiger partial charge in [-0.05, 0) is 31.0 Å². The number of pyridine rings is 2. The molecule has 4 aromatic rings. The molecule has 1 unspecified atom stereocenters. The number of aliphatic hydroxyl groups excluding tert-OH is 1. The molecule has 0 amide bonds. The summed E-state index contributed by atoms with van der Waals surface area (Å²) in [7, 11) is 0. The minimum absolute atomic E-state index is 0.219. The van der Waals surface area contributed by atoms with Crippen LogP contribution in [-0.4, -0.2) is 48.5 Å². The van der Waals surface area contributed by atoms with Crippen LogP contribution in [0.2, 0.25) is 0 Å². The molecule has 1 fully saturated rings. The van der Waals surface area contributed by atoms with Crippen molar-refractivity contribution in [1.82, 2.24) is 24.4 Å². The molecule has 2 atom stereocenters. The molecular formula is C23H23F2N5O. The lowest BCUT2D eigenvalue weighted by Gasteiger charge is -2.39. The van der Waals surface area contributed by atoms with E-state index in [1.54, 1.807) is 36.4 Å². The number of aromatic nitrogens is 4. The second-order valence-electron chi connectivity index (χ2n) is 8.14. The lowest BCUT2D eigenvalue weighted by Crippen LogP contribution is -2.49. The third-order valence-corrected chi connectivity index (χ3v) is 5.88. The first kappa shape index (κ1) is 20.0. The molecule has 1 aromatic carbocycles. The zero-order chi connectivity index (χ0) is 21.6. The molecule has 5 rings (SSSR count). The van der Waals surface area contributed by atoms with Crippen molar-refractivity contribution in [3.05, 3.63) is 66.2 Å². The number of hydrogen-bond donors (Lipinski definition) is 1. The largest absolute Gasteiger partial charge is 0.385 e. The summed E-state index contributed by atoms with van der Waals surface area (Å²) >= 11 is 0. The van der Waals surface area contributed by atoms with Crippen LogP contribution in [0.4, 0.5) is 8.78 Å². The fourth-order valence-corrected chi connectivity index (χ4v) is 4.51. The number of fused-ring (bicyclic) bond motifs is 3. The van der Waals surface area contributed by atoms with E-state index < -0.39 is 18.1 Å². The average Bonchev–Trinajstić information content (AvgIpc) is 3.14. The smallest absolute Gasteiger partial charge is 0.280 e. The molecule has 160 valence electrons. The van der Waals surface area contributed by atoms with Gasteiger partial charge in [0, 0.05) is 19.3 Å². The van der Waals surface area contributed by atoms with Crippen molar-refractivity contribution in [2.75, 3.05) is 13.1 Å². The van der Waals surface area contributed by atoms with Crippen LogP contribution in [0.5, 0.6) is 0 Å². The number of nitrogens with zero attached hydrogens (tertiary/aromatic N) is 5. The summed E-state index contributed by atoms with van der Waals surface area (Å²) in [5.41, 5.74) is 3.10. The van der Waals surface area contributed by atoms with E-state index in [0.29, 0.717) is 35.2 Å². The van der Waals surface area contributed by atoms with Crippen molar-refractivity contribution >= 4 is 22.1 Å². The Morgan fingerprint density at radius 1 is 1.13 bits per heavy atom. The van der Waals surface area contributed by atoms with E-state index in [1.807, 2.05) is 30.3 Å². The molecular weight excluding hydrogens is 400 g/mol. The zero-order valence-electron chi connectivity index (χ0n) is 17.1. The molecule has 1 N–H and O–H groups in total. The van der Waals surface area contributed by atoms with E-state index >= 15 is 8.78 Å². The van der Waals surface area contributed by atoms with Gasteiger partial charge < -0.3 is 9.67 Å². The van der Waals surface area contributed by atoms with E-state index in [2.05, 4.69) is 15.0 Å². The Morgan fingerprint density at radius 2 is 1.94 bits per heavy atom. The third kappa shape index (κ3) is 3.55. The first-order valence-electron chi connectivity index (χ1n) is 10.4. The molecule has 3 aromatic heterocycles. The summed E-state index contributed by atoms with van der Waals surface area (Å²) in [5.74, 6) is -2.79. The Kier molecular flexibility index (Phi) is 4.91. The Morgan fingerprint density at radius 3 is 2.68 bits per heavy atom. The van der Waals surface area contributed by atoms with Crippen LogP contribution in [-0.2, 0) is 6.54 Å². The Labute approximate surface area is 178 Å². The molecule has 0 bridgehead atoms. The van der Waals surface area contributed by atoms with E-state index in [4.69, 9.17) is 0 Å². The molecule has 1 saturated heterocycles. The molecule has 0 spiro atoms. The van der Waals surface area contributed by atoms with Gasteiger partial charge in [0.15, 0.2) is 0 Å². The second-order valence-corrected chi connectivity index (χ2v) is 8.14. The lowest BCUT2D eigenvalue weighted by molar-refractivity contribution is -0.106. The summed E-state index contributed by atoms with van der Waals surface area (Å²) in [6.07, 6.45) is 2.42. The molecule has 0 aliphatic carbocycles. The number of halogens is 2. The number of aliphatic hydroxyl groups is 1. The maximum atomic E-state index is 15.5. The predicted octanol–water partition coefficient (Wildman–Crippen LogP) is 4.12. The maximum absolute atomic E-state index is 15.5. The van der Waals surface area contributed by atoms with Crippen molar-refractivity contribution in [3.63, 3.8) is 0 Å². The van der Waals surface area contributed by atoms with E-state index in [-0.39, 0.29) is 18.8 Å². The highest BCUT2D eigenvalue weighted by molar-refractivity contribution is 5.99. The highest BCUT2D eigenvalue weighted by atomic mass is 19.3. The van der Waals surface area contributed by atoms with Gasteiger partial charge in [-0.15, -0.1) is 0 Å². The van der Waals surface area contributed by atoms with E-state index in [1.165, 1.54) is 4.57 Å². The lowest BCUT2D eigenvalue weighted by atomic mass is 9.99. The fraction of sp³-hybridized carbons (Fsp3) is 0.348. The SMILES string of the molecule is C[C@@H](O)c1nc2cnc3cccnc3c2n1C1CCN(Cc2ccccc2)CC1(F)F. The maximum Gasteiger partial charge on any atom is 0.280 e. The first-order valence-corrected chi connectivity index (χ1v) is 10.4. The quantitative estimate of drug-likeness (QED) is 0.535. The summed E-state index contributed by atoms with van der Waals surface area (Å²) in [6.45, 7) is 2.18. The van der Waals surface area contributed by atoms with Gasteiger partial charge >= 0.3 is 0 Å². The van der Waals surface area contributed by atoms with Crippen molar-refractivity contribution < 1.29 is 13.9 Å². The molecule has 8 heteroatoms. The van der Waals surface area contributed by atoms with Gasteiger partial charge in [0.1, 0.15) is 29.0 Å². The number of hydrogen-bond acceptors (Lipinski definition) is 5. The van der Waals surface area contributed by atoms with Crippen molar-refractivity contribution in [3.8, 4) is 0 Å². The Balaban J connectivity index is 1.57. The Bertz CT molecular complexity index is 1220. The number of alkyl halides is 2. The molecule has 1 aliphatic rings. The van der Waals surface area contributed by atoms with Gasteiger partial charge in [-0.3, -0.25) is 14.9 Å². The summed E-state index contributed by atoms with van der Waals surface area (Å²) in [4.78, 5) is 15.0. The highest BCUT2D eigenvalue weighted by Gasteiger charge is 2.47. The molecule has 31 heavy (non-hydrogen) atoms. The van der Waals surface area contributed by atoms with Crippen LogP contribution < -0.4 is 0 Å². The predicted molar refractivity (Wildman–Crippen MR) is 114 cm³/mol. The minimum atomic E-state index is -3.01. The van der Waals surface area contributed by atoms with Crippen LogP contribution in [0.3, 0.4) is 0 Å². The average molecular weight is 423 g/mol. The molecule has 0 radical (unpaired) electrons. The van der Waals surface area contributed by atoms with Gasteiger partial charge in [0.25, 0.3) is 5.92 Å². The van der Waals surface area contributed by atoms with Crippen LogP contribution in [0.25, 0.3) is 22.1 Å². The molecule has 0 saturated carbocycles. The number of imidazole rings is 1. The fourth-order valence-electron chi connectivity index (χ4n) is 4.51. The van der Waals surface area contributed by atoms with E-state index in [9.17, 15) is 5.11 Å². The molecule has 4 heterocycles. The summed E-state index contributed by atoms with van der Waals surface area (Å²) in [5, 5.41) is 10.3. The van der Waals surface area contributed by atoms with Gasteiger partial charge in [-0.2, -0.15) is 0 Å². The van der Waals surface area contributed by atoms with Gasteiger partial charge in [-0.1, -0.05) is 30.3 Å². The van der Waals surface area contributed by atoms with Gasteiger partial charge in [0.05, 0.1) is 23.8 Å². The van der Waals surface area contributed by atoms with Gasteiger partial charge in [-0.25, -0.2) is 13.8 Å². The summed E-state index contributed by atoms with van der Waals surface area (Å²) in [6, 6.07) is 12.1. The van der Waals surface area contributed by atoms with Crippen molar-refractivity contribution in [2.45, 2.75) is 38.0 Å². The van der Waals surface area contributed by atoms with Crippen LogP contribution in [0.1, 0.15) is 36.9 Å². The molecule has 1 aliphatic heterocycles. The monoisotopic (exact) mass is 423 g/mol. The second kappa shape index (κ2) is 7.62.